The van der Waals surface area contributed by atoms with E-state index in [0.717, 1.165) is 18.2 Å². The Kier molecular flexibility index (Phi) is 3.67. The lowest BCUT2D eigenvalue weighted by Crippen LogP contribution is -2.17. The molecule has 12 heteroatoms. The summed E-state index contributed by atoms with van der Waals surface area (Å²) in [6, 6.07) is 2.27. The van der Waals surface area contributed by atoms with Crippen LogP contribution in [0.25, 0.3) is 11.3 Å². The van der Waals surface area contributed by atoms with Crippen LogP contribution >= 0.6 is 0 Å². The average Bonchev–Trinajstić information content (AvgIpc) is 2.85. The molecule has 116 valence electrons. The molecule has 22 heavy (non-hydrogen) atoms. The van der Waals surface area contributed by atoms with Crippen LogP contribution in [0.4, 0.5) is 18.9 Å². The molecule has 9 nitrogen and oxygen atoms in total. The number of nitro benzene ring substituents is 1. The standard InChI is InChI=1S/C10H6F3N5O4/c11-10(12,13)22-4-1-2-6(18(20)21)5(3-4)7-8(9(14)19)16-17-15-7/h1-3H,(H2,14,19)(H,15,16,17). The lowest BCUT2D eigenvalue weighted by atomic mass is 10.1. The summed E-state index contributed by atoms with van der Waals surface area (Å²) in [5.41, 5.74) is 3.23. The van der Waals surface area contributed by atoms with Crippen molar-refractivity contribution in [3.8, 4) is 17.0 Å². The number of amides is 1. The molecule has 1 heterocycles. The summed E-state index contributed by atoms with van der Waals surface area (Å²) in [7, 11) is 0. The highest BCUT2D eigenvalue weighted by Gasteiger charge is 2.32. The lowest BCUT2D eigenvalue weighted by molar-refractivity contribution is -0.384. The molecule has 1 aromatic carbocycles. The second kappa shape index (κ2) is 5.31. The van der Waals surface area contributed by atoms with Gasteiger partial charge in [0, 0.05) is 6.07 Å². The first kappa shape index (κ1) is 15.2. The first-order chi connectivity index (χ1) is 10.2. The number of halogens is 3. The van der Waals surface area contributed by atoms with Gasteiger partial charge in [-0.1, -0.05) is 0 Å². The van der Waals surface area contributed by atoms with Gasteiger partial charge in [0.2, 0.25) is 0 Å². The van der Waals surface area contributed by atoms with Crippen LogP contribution in [0.2, 0.25) is 0 Å². The normalized spacial score (nSPS) is 11.2. The van der Waals surface area contributed by atoms with Gasteiger partial charge in [0.15, 0.2) is 5.69 Å². The SMILES string of the molecule is NC(=O)c1n[nH]nc1-c1cc(OC(F)(F)F)ccc1[N+](=O)[O-]. The van der Waals surface area contributed by atoms with Gasteiger partial charge in [-0.3, -0.25) is 14.9 Å². The van der Waals surface area contributed by atoms with Crippen molar-refractivity contribution in [2.75, 3.05) is 0 Å². The Bertz CT molecular complexity index is 742. The Morgan fingerprint density at radius 1 is 1.36 bits per heavy atom. The molecule has 2 rings (SSSR count). The monoisotopic (exact) mass is 317 g/mol. The van der Waals surface area contributed by atoms with Crippen LogP contribution in [-0.2, 0) is 0 Å². The molecule has 0 unspecified atom stereocenters. The van der Waals surface area contributed by atoms with Gasteiger partial charge in [0.05, 0.1) is 10.5 Å². The molecule has 0 aliphatic rings. The number of rotatable bonds is 4. The number of aromatic amines is 1. The second-order valence-electron chi connectivity index (χ2n) is 3.87. The minimum Gasteiger partial charge on any atom is -0.406 e. The number of nitro groups is 1. The fourth-order valence-corrected chi connectivity index (χ4v) is 1.65. The number of nitrogens with one attached hydrogen (secondary N) is 1. The van der Waals surface area contributed by atoms with Crippen molar-refractivity contribution >= 4 is 11.6 Å². The average molecular weight is 317 g/mol. The highest BCUT2D eigenvalue weighted by Crippen LogP contribution is 2.35. The van der Waals surface area contributed by atoms with E-state index >= 15 is 0 Å². The van der Waals surface area contributed by atoms with Crippen LogP contribution in [0.1, 0.15) is 10.5 Å². The Morgan fingerprint density at radius 2 is 2.05 bits per heavy atom. The van der Waals surface area contributed by atoms with Crippen molar-refractivity contribution in [3.63, 3.8) is 0 Å². The number of alkyl halides is 3. The molecule has 0 spiro atoms. The fourth-order valence-electron chi connectivity index (χ4n) is 1.65. The summed E-state index contributed by atoms with van der Waals surface area (Å²) in [6.45, 7) is 0. The molecule has 2 aromatic rings. The number of aromatic nitrogens is 3. The quantitative estimate of drug-likeness (QED) is 0.645. The Labute approximate surface area is 119 Å². The highest BCUT2D eigenvalue weighted by molar-refractivity contribution is 5.97. The van der Waals surface area contributed by atoms with Crippen molar-refractivity contribution in [2.45, 2.75) is 6.36 Å². The highest BCUT2D eigenvalue weighted by atomic mass is 19.4. The molecule has 0 aliphatic carbocycles. The molecule has 0 atom stereocenters. The maximum absolute atomic E-state index is 12.2. The summed E-state index contributed by atoms with van der Waals surface area (Å²) in [5, 5.41) is 19.9. The molecule has 1 aromatic heterocycles. The van der Waals surface area contributed by atoms with E-state index in [1.165, 1.54) is 0 Å². The molecule has 0 aliphatic heterocycles. The van der Waals surface area contributed by atoms with E-state index in [9.17, 15) is 28.1 Å². The van der Waals surface area contributed by atoms with E-state index in [-0.39, 0.29) is 5.69 Å². The molecule has 0 bridgehead atoms. The van der Waals surface area contributed by atoms with E-state index < -0.39 is 39.9 Å². The Balaban J connectivity index is 2.60. The van der Waals surface area contributed by atoms with Gasteiger partial charge in [-0.05, 0) is 12.1 Å². The summed E-state index contributed by atoms with van der Waals surface area (Å²) in [5.74, 6) is -1.77. The van der Waals surface area contributed by atoms with Crippen molar-refractivity contribution in [3.05, 3.63) is 34.0 Å². The van der Waals surface area contributed by atoms with E-state index in [1.54, 1.807) is 0 Å². The van der Waals surface area contributed by atoms with Gasteiger partial charge in [-0.15, -0.1) is 13.2 Å². The predicted molar refractivity (Wildman–Crippen MR) is 63.7 cm³/mol. The van der Waals surface area contributed by atoms with Crippen molar-refractivity contribution in [1.29, 1.82) is 0 Å². The van der Waals surface area contributed by atoms with Gasteiger partial charge in [-0.2, -0.15) is 15.4 Å². The minimum absolute atomic E-state index is 0.355. The van der Waals surface area contributed by atoms with E-state index in [4.69, 9.17) is 5.73 Å². The van der Waals surface area contributed by atoms with Gasteiger partial charge >= 0.3 is 6.36 Å². The van der Waals surface area contributed by atoms with Crippen LogP contribution in [0.5, 0.6) is 5.75 Å². The fraction of sp³-hybridized carbons (Fsp3) is 0.100. The van der Waals surface area contributed by atoms with Crippen molar-refractivity contribution < 1.29 is 27.6 Å². The first-order valence-corrected chi connectivity index (χ1v) is 5.44. The third-order valence-electron chi connectivity index (χ3n) is 2.43. The number of hydrogen-bond donors (Lipinski definition) is 2. The third-order valence-corrected chi connectivity index (χ3v) is 2.43. The summed E-state index contributed by atoms with van der Waals surface area (Å²) < 4.78 is 40.3. The molecule has 0 fully saturated rings. The summed E-state index contributed by atoms with van der Waals surface area (Å²) in [6.07, 6.45) is -4.98. The molecular formula is C10H6F3N5O4. The zero-order chi connectivity index (χ0) is 16.5. The number of carbonyl (C=O) groups excluding carboxylic acids is 1. The number of benzene rings is 1. The summed E-state index contributed by atoms with van der Waals surface area (Å²) in [4.78, 5) is 21.3. The molecule has 0 saturated heterocycles. The number of primary amides is 1. The Hall–Kier alpha value is -3.18. The van der Waals surface area contributed by atoms with E-state index in [2.05, 4.69) is 14.9 Å². The molecule has 0 saturated carbocycles. The number of nitrogens with two attached hydrogens (primary N) is 1. The number of carbonyl (C=O) groups is 1. The van der Waals surface area contributed by atoms with E-state index in [1.807, 2.05) is 5.21 Å². The van der Waals surface area contributed by atoms with E-state index in [0.29, 0.717) is 0 Å². The number of hydrogen-bond acceptors (Lipinski definition) is 6. The number of nitrogens with zero attached hydrogens (tertiary/aromatic N) is 3. The molecular weight excluding hydrogens is 311 g/mol. The van der Waals surface area contributed by atoms with Crippen LogP contribution < -0.4 is 10.5 Å². The van der Waals surface area contributed by atoms with Crippen LogP contribution in [-0.4, -0.2) is 32.6 Å². The largest absolute Gasteiger partial charge is 0.573 e. The number of ether oxygens (including phenoxy) is 1. The van der Waals surface area contributed by atoms with Crippen LogP contribution in [0, 0.1) is 10.1 Å². The topological polar surface area (TPSA) is 137 Å². The molecule has 1 amide bonds. The minimum atomic E-state index is -4.98. The van der Waals surface area contributed by atoms with Crippen LogP contribution in [0.15, 0.2) is 18.2 Å². The second-order valence-corrected chi connectivity index (χ2v) is 3.87. The van der Waals surface area contributed by atoms with Gasteiger partial charge in [0.25, 0.3) is 11.6 Å². The molecule has 3 N–H and O–H groups in total. The summed E-state index contributed by atoms with van der Waals surface area (Å²) >= 11 is 0. The van der Waals surface area contributed by atoms with Gasteiger partial charge in [-0.25, -0.2) is 0 Å². The maximum atomic E-state index is 12.2. The molecule has 0 radical (unpaired) electrons. The zero-order valence-electron chi connectivity index (χ0n) is 10.4. The number of H-pyrrole nitrogens is 1. The van der Waals surface area contributed by atoms with Crippen molar-refractivity contribution in [1.82, 2.24) is 15.4 Å². The van der Waals surface area contributed by atoms with Gasteiger partial charge in [0.1, 0.15) is 11.4 Å². The van der Waals surface area contributed by atoms with Crippen LogP contribution in [0.3, 0.4) is 0 Å². The predicted octanol–water partition coefficient (Wildman–Crippen LogP) is 1.38. The smallest absolute Gasteiger partial charge is 0.406 e. The van der Waals surface area contributed by atoms with Gasteiger partial charge < -0.3 is 10.5 Å². The third kappa shape index (κ3) is 3.11. The Morgan fingerprint density at radius 3 is 2.59 bits per heavy atom. The van der Waals surface area contributed by atoms with Crippen molar-refractivity contribution in [2.24, 2.45) is 5.73 Å². The zero-order valence-corrected chi connectivity index (χ0v) is 10.4. The maximum Gasteiger partial charge on any atom is 0.573 e. The lowest BCUT2D eigenvalue weighted by Gasteiger charge is -2.09. The first-order valence-electron chi connectivity index (χ1n) is 5.44.